The number of carbonyl (C=O) groups is 2. The van der Waals surface area contributed by atoms with E-state index in [0.29, 0.717) is 32.6 Å². The zero-order valence-corrected chi connectivity index (χ0v) is 14.6. The van der Waals surface area contributed by atoms with E-state index in [9.17, 15) is 9.59 Å². The maximum Gasteiger partial charge on any atom is 0.228 e. The Morgan fingerprint density at radius 2 is 2.00 bits per heavy atom. The average molecular weight is 350 g/mol. The molecule has 4 rings (SSSR count). The van der Waals surface area contributed by atoms with Gasteiger partial charge in [0.2, 0.25) is 11.8 Å². The molecular formula is C21H22N2O3. The fraction of sp³-hybridized carbons (Fsp3) is 0.333. The molecule has 1 aromatic carbocycles. The van der Waals surface area contributed by atoms with Gasteiger partial charge in [-0.05, 0) is 29.7 Å². The van der Waals surface area contributed by atoms with Gasteiger partial charge in [-0.3, -0.25) is 9.59 Å². The normalized spacial score (nSPS) is 20.4. The highest BCUT2D eigenvalue weighted by atomic mass is 16.3. The van der Waals surface area contributed by atoms with Crippen LogP contribution in [-0.4, -0.2) is 41.2 Å². The van der Waals surface area contributed by atoms with Gasteiger partial charge in [-0.25, -0.2) is 0 Å². The number of furan rings is 1. The van der Waals surface area contributed by atoms with Crippen LogP contribution in [0.15, 0.2) is 59.2 Å². The molecule has 0 N–H and O–H groups in total. The fourth-order valence-corrected chi connectivity index (χ4v) is 3.72. The molecular weight excluding hydrogens is 328 g/mol. The first-order chi connectivity index (χ1) is 12.7. The van der Waals surface area contributed by atoms with Crippen LogP contribution in [0.25, 0.3) is 5.57 Å². The second-order valence-corrected chi connectivity index (χ2v) is 6.88. The first kappa shape index (κ1) is 16.6. The van der Waals surface area contributed by atoms with Crippen molar-refractivity contribution in [1.29, 1.82) is 0 Å². The summed E-state index contributed by atoms with van der Waals surface area (Å²) >= 11 is 0. The lowest BCUT2D eigenvalue weighted by Crippen LogP contribution is -2.39. The van der Waals surface area contributed by atoms with E-state index in [2.05, 4.69) is 18.2 Å². The van der Waals surface area contributed by atoms with Gasteiger partial charge in [0, 0.05) is 26.1 Å². The van der Waals surface area contributed by atoms with Crippen molar-refractivity contribution in [3.8, 4) is 0 Å². The van der Waals surface area contributed by atoms with Crippen molar-refractivity contribution >= 4 is 17.4 Å². The Hall–Kier alpha value is -2.82. The zero-order valence-electron chi connectivity index (χ0n) is 14.6. The summed E-state index contributed by atoms with van der Waals surface area (Å²) in [7, 11) is 0. The van der Waals surface area contributed by atoms with Crippen LogP contribution in [-0.2, 0) is 16.1 Å². The molecule has 2 aliphatic rings. The van der Waals surface area contributed by atoms with Gasteiger partial charge < -0.3 is 14.2 Å². The van der Waals surface area contributed by atoms with Crippen LogP contribution < -0.4 is 0 Å². The van der Waals surface area contributed by atoms with E-state index in [1.165, 1.54) is 11.1 Å². The van der Waals surface area contributed by atoms with Crippen molar-refractivity contribution in [3.63, 3.8) is 0 Å². The molecule has 134 valence electrons. The Kier molecular flexibility index (Phi) is 4.61. The molecule has 1 aromatic heterocycles. The quantitative estimate of drug-likeness (QED) is 0.852. The van der Waals surface area contributed by atoms with E-state index in [0.717, 1.165) is 12.2 Å². The summed E-state index contributed by atoms with van der Waals surface area (Å²) in [5.41, 5.74) is 2.51. The number of rotatable bonds is 4. The van der Waals surface area contributed by atoms with E-state index in [1.54, 1.807) is 11.2 Å². The van der Waals surface area contributed by atoms with Gasteiger partial charge in [-0.2, -0.15) is 0 Å². The Morgan fingerprint density at radius 3 is 2.69 bits per heavy atom. The highest BCUT2D eigenvalue weighted by Crippen LogP contribution is 2.26. The second-order valence-electron chi connectivity index (χ2n) is 6.88. The molecule has 1 fully saturated rings. The van der Waals surface area contributed by atoms with Crippen molar-refractivity contribution < 1.29 is 14.0 Å². The van der Waals surface area contributed by atoms with Gasteiger partial charge in [0.25, 0.3) is 0 Å². The predicted molar refractivity (Wildman–Crippen MR) is 97.8 cm³/mol. The summed E-state index contributed by atoms with van der Waals surface area (Å²) in [6.07, 6.45) is 4.88. The highest BCUT2D eigenvalue weighted by molar-refractivity contribution is 5.89. The molecule has 0 saturated carbocycles. The number of hydrogen-bond donors (Lipinski definition) is 0. The van der Waals surface area contributed by atoms with Crippen LogP contribution >= 0.6 is 0 Å². The molecule has 1 saturated heterocycles. The third kappa shape index (κ3) is 3.43. The summed E-state index contributed by atoms with van der Waals surface area (Å²) in [6.45, 7) is 2.24. The van der Waals surface area contributed by atoms with Crippen LogP contribution in [0.2, 0.25) is 0 Å². The van der Waals surface area contributed by atoms with Gasteiger partial charge in [0.05, 0.1) is 18.7 Å². The van der Waals surface area contributed by atoms with E-state index in [4.69, 9.17) is 4.42 Å². The molecule has 5 heteroatoms. The molecule has 26 heavy (non-hydrogen) atoms. The van der Waals surface area contributed by atoms with Crippen molar-refractivity contribution in [1.82, 2.24) is 9.80 Å². The molecule has 0 spiro atoms. The molecule has 2 amide bonds. The lowest BCUT2D eigenvalue weighted by molar-refractivity contribution is -0.135. The molecule has 3 heterocycles. The minimum atomic E-state index is -0.246. The number of hydrogen-bond acceptors (Lipinski definition) is 3. The van der Waals surface area contributed by atoms with Crippen molar-refractivity contribution in [2.24, 2.45) is 5.92 Å². The zero-order chi connectivity index (χ0) is 17.9. The van der Waals surface area contributed by atoms with Crippen LogP contribution in [0.1, 0.15) is 24.2 Å². The lowest BCUT2D eigenvalue weighted by Gasteiger charge is -2.29. The number of carbonyl (C=O) groups excluding carboxylic acids is 2. The van der Waals surface area contributed by atoms with Gasteiger partial charge in [-0.1, -0.05) is 36.4 Å². The van der Waals surface area contributed by atoms with Gasteiger partial charge in [0.15, 0.2) is 0 Å². The number of nitrogens with zero attached hydrogens (tertiary/aromatic N) is 2. The fourth-order valence-electron chi connectivity index (χ4n) is 3.72. The smallest absolute Gasteiger partial charge is 0.228 e. The van der Waals surface area contributed by atoms with Gasteiger partial charge in [-0.15, -0.1) is 0 Å². The maximum atomic E-state index is 12.8. The lowest BCUT2D eigenvalue weighted by atomic mass is 9.98. The average Bonchev–Trinajstić information content (AvgIpc) is 3.32. The van der Waals surface area contributed by atoms with Gasteiger partial charge >= 0.3 is 0 Å². The van der Waals surface area contributed by atoms with Gasteiger partial charge in [0.1, 0.15) is 5.76 Å². The second kappa shape index (κ2) is 7.20. The number of likely N-dealkylation sites (tertiary alicyclic amines) is 1. The number of benzene rings is 1. The standard InChI is InChI=1S/C21H22N2O3/c24-20-13-18(14-23(20)15-19-7-4-12-26-19)21(25)22-10-8-17(9-11-22)16-5-2-1-3-6-16/h1-8,12,18H,9-11,13-15H2/t18-/m1/s1. The van der Waals surface area contributed by atoms with Crippen molar-refractivity contribution in [2.75, 3.05) is 19.6 Å². The molecule has 0 bridgehead atoms. The highest BCUT2D eigenvalue weighted by Gasteiger charge is 2.37. The minimum Gasteiger partial charge on any atom is -0.467 e. The largest absolute Gasteiger partial charge is 0.467 e. The molecule has 5 nitrogen and oxygen atoms in total. The van der Waals surface area contributed by atoms with Crippen molar-refractivity contribution in [2.45, 2.75) is 19.4 Å². The van der Waals surface area contributed by atoms with E-state index >= 15 is 0 Å². The molecule has 0 radical (unpaired) electrons. The number of amides is 2. The predicted octanol–water partition coefficient (Wildman–Crippen LogP) is 2.94. The molecule has 0 aliphatic carbocycles. The summed E-state index contributed by atoms with van der Waals surface area (Å²) in [6, 6.07) is 13.9. The first-order valence-electron chi connectivity index (χ1n) is 9.04. The minimum absolute atomic E-state index is 0.0253. The van der Waals surface area contributed by atoms with E-state index < -0.39 is 0 Å². The van der Waals surface area contributed by atoms with E-state index in [1.807, 2.05) is 35.2 Å². The Balaban J connectivity index is 1.37. The molecule has 2 aromatic rings. The molecule has 1 atom stereocenters. The summed E-state index contributed by atoms with van der Waals surface area (Å²) < 4.78 is 5.31. The first-order valence-corrected chi connectivity index (χ1v) is 9.04. The Bertz CT molecular complexity index is 811. The van der Waals surface area contributed by atoms with Crippen LogP contribution in [0, 0.1) is 5.92 Å². The maximum absolute atomic E-state index is 12.8. The Morgan fingerprint density at radius 1 is 1.15 bits per heavy atom. The third-order valence-corrected chi connectivity index (χ3v) is 5.16. The summed E-state index contributed by atoms with van der Waals surface area (Å²) in [5.74, 6) is 0.616. The monoisotopic (exact) mass is 350 g/mol. The SMILES string of the molecule is O=C1C[C@@H](C(=O)N2CC=C(c3ccccc3)CC2)CN1Cc1ccco1. The topological polar surface area (TPSA) is 53.8 Å². The molecule has 2 aliphatic heterocycles. The van der Waals surface area contributed by atoms with Crippen LogP contribution in [0.5, 0.6) is 0 Å². The van der Waals surface area contributed by atoms with Crippen LogP contribution in [0.3, 0.4) is 0 Å². The van der Waals surface area contributed by atoms with E-state index in [-0.39, 0.29) is 17.7 Å². The van der Waals surface area contributed by atoms with Crippen molar-refractivity contribution in [3.05, 3.63) is 66.1 Å². The summed E-state index contributed by atoms with van der Waals surface area (Å²) in [5, 5.41) is 0. The Labute approximate surface area is 152 Å². The summed E-state index contributed by atoms with van der Waals surface area (Å²) in [4.78, 5) is 28.7. The molecule has 0 unspecified atom stereocenters. The third-order valence-electron chi connectivity index (χ3n) is 5.16. The van der Waals surface area contributed by atoms with Crippen LogP contribution in [0.4, 0.5) is 0 Å².